The summed E-state index contributed by atoms with van der Waals surface area (Å²) in [5, 5.41) is 3.21. The van der Waals surface area contributed by atoms with Gasteiger partial charge >= 0.3 is 5.69 Å². The van der Waals surface area contributed by atoms with Gasteiger partial charge in [-0.1, -0.05) is 60.1 Å². The number of nitrogens with one attached hydrogen (secondary N) is 1. The summed E-state index contributed by atoms with van der Waals surface area (Å²) in [6.45, 7) is -0.0313. The van der Waals surface area contributed by atoms with Crippen molar-refractivity contribution < 1.29 is 4.79 Å². The molecule has 31 heavy (non-hydrogen) atoms. The molecule has 1 N–H and O–H groups in total. The molecule has 0 radical (unpaired) electrons. The van der Waals surface area contributed by atoms with Crippen LogP contribution in [0.1, 0.15) is 11.1 Å². The Kier molecular flexibility index (Phi) is 5.90. The van der Waals surface area contributed by atoms with Gasteiger partial charge in [0, 0.05) is 24.0 Å². The van der Waals surface area contributed by atoms with Crippen LogP contribution in [-0.4, -0.2) is 25.0 Å². The summed E-state index contributed by atoms with van der Waals surface area (Å²) in [6, 6.07) is 16.3. The number of carbonyl (C=O) groups excluding carboxylic acids is 1. The maximum Gasteiger partial charge on any atom is 0.333 e. The van der Waals surface area contributed by atoms with Gasteiger partial charge < -0.3 is 5.32 Å². The minimum absolute atomic E-state index is 0.00464. The van der Waals surface area contributed by atoms with Crippen molar-refractivity contribution in [1.82, 2.24) is 24.4 Å². The van der Waals surface area contributed by atoms with E-state index in [9.17, 15) is 14.4 Å². The molecule has 2 aromatic carbocycles. The number of nitrogens with zero attached hydrogens (tertiary/aromatic N) is 4. The van der Waals surface area contributed by atoms with Crippen LogP contribution in [0.2, 0.25) is 5.02 Å². The minimum Gasteiger partial charge on any atom is -0.350 e. The standard InChI is InChI=1S/C22H18ClN5O3/c23-17-9-5-4-8-16(17)13-28-21(30)19-20(25-11-10-24-19)27(22(28)31)14-18(29)26-12-15-6-2-1-3-7-15/h1-11H,12-14H2,(H,26,29). The van der Waals surface area contributed by atoms with Crippen molar-refractivity contribution in [3.05, 3.63) is 104 Å². The normalized spacial score (nSPS) is 10.9. The van der Waals surface area contributed by atoms with E-state index in [4.69, 9.17) is 11.6 Å². The summed E-state index contributed by atoms with van der Waals surface area (Å²) in [4.78, 5) is 46.9. The molecule has 0 saturated carbocycles. The van der Waals surface area contributed by atoms with Gasteiger partial charge in [0.2, 0.25) is 5.91 Å². The second kappa shape index (κ2) is 8.93. The summed E-state index contributed by atoms with van der Waals surface area (Å²) < 4.78 is 2.17. The largest absolute Gasteiger partial charge is 0.350 e. The molecule has 0 aliphatic heterocycles. The van der Waals surface area contributed by atoms with Crippen LogP contribution in [0.15, 0.2) is 76.6 Å². The molecule has 0 spiro atoms. The minimum atomic E-state index is -0.659. The molecule has 0 fully saturated rings. The van der Waals surface area contributed by atoms with Gasteiger partial charge in [-0.25, -0.2) is 14.8 Å². The van der Waals surface area contributed by atoms with Crippen molar-refractivity contribution in [2.75, 3.05) is 0 Å². The van der Waals surface area contributed by atoms with E-state index in [1.165, 1.54) is 12.4 Å². The smallest absolute Gasteiger partial charge is 0.333 e. The number of hydrogen-bond donors (Lipinski definition) is 1. The highest BCUT2D eigenvalue weighted by atomic mass is 35.5. The zero-order chi connectivity index (χ0) is 21.8. The summed E-state index contributed by atoms with van der Waals surface area (Å²) in [7, 11) is 0. The molecular weight excluding hydrogens is 418 g/mol. The number of fused-ring (bicyclic) bond motifs is 1. The first-order valence-corrected chi connectivity index (χ1v) is 9.91. The Balaban J connectivity index is 1.70. The molecule has 0 aliphatic rings. The molecule has 156 valence electrons. The average Bonchev–Trinajstić information content (AvgIpc) is 2.80. The van der Waals surface area contributed by atoms with Crippen LogP contribution in [0, 0.1) is 0 Å². The van der Waals surface area contributed by atoms with Crippen molar-refractivity contribution >= 4 is 28.7 Å². The number of hydrogen-bond acceptors (Lipinski definition) is 5. The van der Waals surface area contributed by atoms with Gasteiger partial charge in [-0.15, -0.1) is 0 Å². The third kappa shape index (κ3) is 4.39. The Labute approximate surface area is 181 Å². The molecule has 2 aromatic heterocycles. The quantitative estimate of drug-likeness (QED) is 0.499. The van der Waals surface area contributed by atoms with Crippen LogP contribution in [0.25, 0.3) is 11.2 Å². The lowest BCUT2D eigenvalue weighted by Gasteiger charge is -2.13. The summed E-state index contributed by atoms with van der Waals surface area (Å²) in [5.74, 6) is -0.388. The molecule has 0 atom stereocenters. The van der Waals surface area contributed by atoms with E-state index in [1.54, 1.807) is 24.3 Å². The third-order valence-electron chi connectivity index (χ3n) is 4.76. The lowest BCUT2D eigenvalue weighted by molar-refractivity contribution is -0.121. The first-order chi connectivity index (χ1) is 15.0. The van der Waals surface area contributed by atoms with Gasteiger partial charge in [0.15, 0.2) is 11.2 Å². The molecular formula is C22H18ClN5O3. The van der Waals surface area contributed by atoms with Gasteiger partial charge in [-0.3, -0.25) is 18.7 Å². The van der Waals surface area contributed by atoms with Crippen LogP contribution >= 0.6 is 11.6 Å². The number of halogens is 1. The predicted molar refractivity (Wildman–Crippen MR) is 117 cm³/mol. The third-order valence-corrected chi connectivity index (χ3v) is 5.13. The van der Waals surface area contributed by atoms with E-state index >= 15 is 0 Å². The molecule has 0 aliphatic carbocycles. The SMILES string of the molecule is O=C(Cn1c(=O)n(Cc2ccccc2Cl)c(=O)c2nccnc21)NCc1ccccc1. The second-order valence-electron chi connectivity index (χ2n) is 6.84. The maximum absolute atomic E-state index is 13.2. The number of aromatic nitrogens is 4. The fraction of sp³-hybridized carbons (Fsp3) is 0.136. The molecule has 0 unspecified atom stereocenters. The van der Waals surface area contributed by atoms with Gasteiger partial charge in [0.05, 0.1) is 6.54 Å². The number of carbonyl (C=O) groups is 1. The van der Waals surface area contributed by atoms with Crippen LogP contribution in [0.5, 0.6) is 0 Å². The first-order valence-electron chi connectivity index (χ1n) is 9.53. The summed E-state index contributed by atoms with van der Waals surface area (Å²) in [6.07, 6.45) is 2.74. The molecule has 0 saturated heterocycles. The van der Waals surface area contributed by atoms with E-state index in [1.807, 2.05) is 30.3 Å². The fourth-order valence-corrected chi connectivity index (χ4v) is 3.40. The molecule has 4 rings (SSSR count). The molecule has 2 heterocycles. The highest BCUT2D eigenvalue weighted by Crippen LogP contribution is 2.15. The van der Waals surface area contributed by atoms with Gasteiger partial charge in [0.1, 0.15) is 6.54 Å². The van der Waals surface area contributed by atoms with Crippen molar-refractivity contribution in [1.29, 1.82) is 0 Å². The zero-order valence-corrected chi connectivity index (χ0v) is 17.1. The van der Waals surface area contributed by atoms with Crippen LogP contribution < -0.4 is 16.6 Å². The first kappa shape index (κ1) is 20.5. The zero-order valence-electron chi connectivity index (χ0n) is 16.4. The fourth-order valence-electron chi connectivity index (χ4n) is 3.21. The van der Waals surface area contributed by atoms with E-state index in [2.05, 4.69) is 15.3 Å². The summed E-state index contributed by atoms with van der Waals surface area (Å²) >= 11 is 6.20. The highest BCUT2D eigenvalue weighted by Gasteiger charge is 2.18. The van der Waals surface area contributed by atoms with E-state index < -0.39 is 11.2 Å². The van der Waals surface area contributed by atoms with Gasteiger partial charge in [0.25, 0.3) is 5.56 Å². The van der Waals surface area contributed by atoms with Gasteiger partial charge in [-0.2, -0.15) is 0 Å². The van der Waals surface area contributed by atoms with Crippen molar-refractivity contribution in [3.63, 3.8) is 0 Å². The molecule has 0 bridgehead atoms. The monoisotopic (exact) mass is 435 g/mol. The Morgan fingerprint density at radius 2 is 1.65 bits per heavy atom. The number of benzene rings is 2. The van der Waals surface area contributed by atoms with E-state index in [-0.39, 0.29) is 30.2 Å². The molecule has 9 heteroatoms. The average molecular weight is 436 g/mol. The predicted octanol–water partition coefficient (Wildman–Crippen LogP) is 1.97. The van der Waals surface area contributed by atoms with Gasteiger partial charge in [-0.05, 0) is 17.2 Å². The lowest BCUT2D eigenvalue weighted by atomic mass is 10.2. The van der Waals surface area contributed by atoms with Crippen LogP contribution in [-0.2, 0) is 24.4 Å². The maximum atomic E-state index is 13.2. The Morgan fingerprint density at radius 3 is 2.42 bits per heavy atom. The highest BCUT2D eigenvalue weighted by molar-refractivity contribution is 6.31. The second-order valence-corrected chi connectivity index (χ2v) is 7.25. The van der Waals surface area contributed by atoms with E-state index in [0.717, 1.165) is 14.7 Å². The van der Waals surface area contributed by atoms with Crippen molar-refractivity contribution in [3.8, 4) is 0 Å². The van der Waals surface area contributed by atoms with E-state index in [0.29, 0.717) is 17.1 Å². The topological polar surface area (TPSA) is 98.9 Å². The van der Waals surface area contributed by atoms with Crippen molar-refractivity contribution in [2.45, 2.75) is 19.6 Å². The van der Waals surface area contributed by atoms with Crippen LogP contribution in [0.3, 0.4) is 0 Å². The number of rotatable bonds is 6. The summed E-state index contributed by atoms with van der Waals surface area (Å²) in [5.41, 5.74) is 0.345. The Morgan fingerprint density at radius 1 is 0.935 bits per heavy atom. The van der Waals surface area contributed by atoms with Crippen molar-refractivity contribution in [2.24, 2.45) is 0 Å². The Bertz CT molecular complexity index is 1370. The molecule has 8 nitrogen and oxygen atoms in total. The van der Waals surface area contributed by atoms with Crippen LogP contribution in [0.4, 0.5) is 0 Å². The molecule has 4 aromatic rings. The molecule has 1 amide bonds. The Hall–Kier alpha value is -3.78. The number of amides is 1. The lowest BCUT2D eigenvalue weighted by Crippen LogP contribution is -2.43.